The molecule has 2 heterocycles. The molecule has 0 saturated carbocycles. The summed E-state index contributed by atoms with van der Waals surface area (Å²) in [4.78, 5) is 26.5. The Kier molecular flexibility index (Phi) is 4.22. The number of nitro benzene ring substituents is 1. The topological polar surface area (TPSA) is 110 Å². The predicted molar refractivity (Wildman–Crippen MR) is 103 cm³/mol. The predicted octanol–water partition coefficient (Wildman–Crippen LogP) is 2.22. The fraction of sp³-hybridized carbons (Fsp3) is 0.278. The Morgan fingerprint density at radius 3 is 2.25 bits per heavy atom. The van der Waals surface area contributed by atoms with Crippen LogP contribution in [0.2, 0.25) is 0 Å². The average molecular weight is 403 g/mol. The SMILES string of the molecule is COc1ccccc1N1C(=O)N(c2ccc([N+](=O)[O-])cc2)[C@H]2CS(=O)(=O)C[C@@H]21. The molecule has 2 amide bonds. The van der Waals surface area contributed by atoms with Gasteiger partial charge in [0.15, 0.2) is 9.84 Å². The number of carbonyl (C=O) groups excluding carboxylic acids is 1. The number of anilines is 2. The molecule has 0 spiro atoms. The highest BCUT2D eigenvalue weighted by Crippen LogP contribution is 2.41. The molecule has 28 heavy (non-hydrogen) atoms. The van der Waals surface area contributed by atoms with E-state index < -0.39 is 26.8 Å². The number of hydrogen-bond acceptors (Lipinski definition) is 6. The molecule has 4 rings (SSSR count). The maximum atomic E-state index is 13.3. The largest absolute Gasteiger partial charge is 0.495 e. The second kappa shape index (κ2) is 6.48. The van der Waals surface area contributed by atoms with E-state index in [1.54, 1.807) is 24.3 Å². The Balaban J connectivity index is 1.80. The van der Waals surface area contributed by atoms with E-state index in [1.165, 1.54) is 41.2 Å². The van der Waals surface area contributed by atoms with Crippen LogP contribution >= 0.6 is 0 Å². The standard InChI is InChI=1S/C18H17N3O6S/c1-27-17-5-3-2-4-14(17)20-16-11-28(25,26)10-15(16)19(18(20)22)12-6-8-13(9-7-12)21(23)24/h2-9,15-16H,10-11H2,1H3/t15-,16-/m0/s1. The number of nitrogens with zero attached hydrogens (tertiary/aromatic N) is 3. The lowest BCUT2D eigenvalue weighted by Gasteiger charge is -2.24. The van der Waals surface area contributed by atoms with Gasteiger partial charge in [0, 0.05) is 17.8 Å². The summed E-state index contributed by atoms with van der Waals surface area (Å²) in [6.07, 6.45) is 0. The first kappa shape index (κ1) is 18.2. The number of hydrogen-bond donors (Lipinski definition) is 0. The first-order chi connectivity index (χ1) is 13.3. The molecule has 0 unspecified atom stereocenters. The van der Waals surface area contributed by atoms with Crippen molar-refractivity contribution < 1.29 is 22.9 Å². The number of urea groups is 1. The summed E-state index contributed by atoms with van der Waals surface area (Å²) in [6, 6.07) is 10.9. The number of amides is 2. The van der Waals surface area contributed by atoms with Gasteiger partial charge < -0.3 is 4.74 Å². The van der Waals surface area contributed by atoms with Crippen LogP contribution in [0.25, 0.3) is 0 Å². The van der Waals surface area contributed by atoms with Crippen molar-refractivity contribution in [2.75, 3.05) is 28.4 Å². The zero-order chi connectivity index (χ0) is 20.1. The number of methoxy groups -OCH3 is 1. The minimum atomic E-state index is -3.34. The molecule has 146 valence electrons. The van der Waals surface area contributed by atoms with E-state index in [1.807, 2.05) is 0 Å². The van der Waals surface area contributed by atoms with Gasteiger partial charge in [0.05, 0.1) is 41.3 Å². The third kappa shape index (κ3) is 2.85. The molecule has 0 aliphatic carbocycles. The Morgan fingerprint density at radius 2 is 1.64 bits per heavy atom. The van der Waals surface area contributed by atoms with E-state index in [0.29, 0.717) is 17.1 Å². The summed E-state index contributed by atoms with van der Waals surface area (Å²) in [5.74, 6) is 0.154. The lowest BCUT2D eigenvalue weighted by molar-refractivity contribution is -0.384. The maximum Gasteiger partial charge on any atom is 0.329 e. The number of para-hydroxylation sites is 2. The van der Waals surface area contributed by atoms with E-state index in [2.05, 4.69) is 0 Å². The van der Waals surface area contributed by atoms with Gasteiger partial charge in [0.25, 0.3) is 5.69 Å². The van der Waals surface area contributed by atoms with Gasteiger partial charge in [-0.15, -0.1) is 0 Å². The van der Waals surface area contributed by atoms with Crippen molar-refractivity contribution in [2.24, 2.45) is 0 Å². The monoisotopic (exact) mass is 403 g/mol. The third-order valence-corrected chi connectivity index (χ3v) is 6.75. The molecule has 9 nitrogen and oxygen atoms in total. The van der Waals surface area contributed by atoms with Crippen molar-refractivity contribution in [3.63, 3.8) is 0 Å². The molecule has 2 aliphatic heterocycles. The van der Waals surface area contributed by atoms with Crippen LogP contribution in [0, 0.1) is 10.1 Å². The number of ether oxygens (including phenoxy) is 1. The highest BCUT2D eigenvalue weighted by molar-refractivity contribution is 7.91. The zero-order valence-electron chi connectivity index (χ0n) is 14.9. The van der Waals surface area contributed by atoms with Gasteiger partial charge in [-0.3, -0.25) is 19.9 Å². The van der Waals surface area contributed by atoms with E-state index in [4.69, 9.17) is 4.74 Å². The van der Waals surface area contributed by atoms with Gasteiger partial charge in [-0.25, -0.2) is 13.2 Å². The molecule has 2 saturated heterocycles. The summed E-state index contributed by atoms with van der Waals surface area (Å²) >= 11 is 0. The number of carbonyl (C=O) groups is 1. The molecule has 2 aromatic carbocycles. The van der Waals surface area contributed by atoms with Crippen molar-refractivity contribution in [1.82, 2.24) is 0 Å². The van der Waals surface area contributed by atoms with Gasteiger partial charge in [-0.1, -0.05) is 12.1 Å². The quantitative estimate of drug-likeness (QED) is 0.440. The normalized spacial score (nSPS) is 23.0. The van der Waals surface area contributed by atoms with Crippen LogP contribution in [0.15, 0.2) is 48.5 Å². The lowest BCUT2D eigenvalue weighted by atomic mass is 10.1. The number of nitro groups is 1. The molecule has 2 fully saturated rings. The highest BCUT2D eigenvalue weighted by Gasteiger charge is 2.55. The summed E-state index contributed by atoms with van der Waals surface area (Å²) in [6.45, 7) is 0. The van der Waals surface area contributed by atoms with Gasteiger partial charge in [0.1, 0.15) is 5.75 Å². The lowest BCUT2D eigenvalue weighted by Crippen LogP contribution is -2.38. The Hall–Kier alpha value is -3.14. The Bertz CT molecular complexity index is 1050. The molecule has 2 atom stereocenters. The molecule has 2 aromatic rings. The number of fused-ring (bicyclic) bond motifs is 1. The molecular weight excluding hydrogens is 386 g/mol. The van der Waals surface area contributed by atoms with Crippen molar-refractivity contribution in [1.29, 1.82) is 0 Å². The molecule has 0 N–H and O–H groups in total. The van der Waals surface area contributed by atoms with Crippen molar-refractivity contribution in [3.05, 3.63) is 58.6 Å². The molecule has 0 aromatic heterocycles. The fourth-order valence-electron chi connectivity index (χ4n) is 3.85. The summed E-state index contributed by atoms with van der Waals surface area (Å²) in [5, 5.41) is 10.9. The van der Waals surface area contributed by atoms with Crippen LogP contribution in [0.1, 0.15) is 0 Å². The van der Waals surface area contributed by atoms with E-state index in [-0.39, 0.29) is 23.2 Å². The van der Waals surface area contributed by atoms with E-state index in [0.717, 1.165) is 0 Å². The van der Waals surface area contributed by atoms with Crippen molar-refractivity contribution in [2.45, 2.75) is 12.1 Å². The van der Waals surface area contributed by atoms with Crippen molar-refractivity contribution in [3.8, 4) is 5.75 Å². The number of rotatable bonds is 4. The van der Waals surface area contributed by atoms with Crippen molar-refractivity contribution >= 4 is 32.9 Å². The van der Waals surface area contributed by atoms with Crippen LogP contribution < -0.4 is 14.5 Å². The summed E-state index contributed by atoms with van der Waals surface area (Å²) in [5.41, 5.74) is 0.805. The third-order valence-electron chi connectivity index (χ3n) is 5.05. The Labute approximate surface area is 161 Å². The van der Waals surface area contributed by atoms with Crippen LogP contribution in [0.5, 0.6) is 5.75 Å². The molecule has 0 radical (unpaired) electrons. The second-order valence-corrected chi connectivity index (χ2v) is 8.83. The fourth-order valence-corrected chi connectivity index (χ4v) is 5.77. The van der Waals surface area contributed by atoms with E-state index in [9.17, 15) is 23.3 Å². The van der Waals surface area contributed by atoms with Gasteiger partial charge in [-0.05, 0) is 24.3 Å². The van der Waals surface area contributed by atoms with Crippen LogP contribution in [-0.2, 0) is 9.84 Å². The molecule has 2 aliphatic rings. The van der Waals surface area contributed by atoms with E-state index >= 15 is 0 Å². The number of benzene rings is 2. The highest BCUT2D eigenvalue weighted by atomic mass is 32.2. The smallest absolute Gasteiger partial charge is 0.329 e. The van der Waals surface area contributed by atoms with Gasteiger partial charge >= 0.3 is 6.03 Å². The molecular formula is C18H17N3O6S. The maximum absolute atomic E-state index is 13.3. The van der Waals surface area contributed by atoms with Gasteiger partial charge in [-0.2, -0.15) is 0 Å². The average Bonchev–Trinajstić information content (AvgIpc) is 3.10. The summed E-state index contributed by atoms with van der Waals surface area (Å²) < 4.78 is 30.0. The van der Waals surface area contributed by atoms with Crippen LogP contribution in [-0.4, -0.2) is 50.1 Å². The zero-order valence-corrected chi connectivity index (χ0v) is 15.7. The second-order valence-electron chi connectivity index (χ2n) is 6.68. The Morgan fingerprint density at radius 1 is 1.04 bits per heavy atom. The minimum Gasteiger partial charge on any atom is -0.495 e. The molecule has 10 heteroatoms. The molecule has 0 bridgehead atoms. The van der Waals surface area contributed by atoms with Crippen LogP contribution in [0.3, 0.4) is 0 Å². The number of non-ortho nitro benzene ring substituents is 1. The first-order valence-corrected chi connectivity index (χ1v) is 10.3. The minimum absolute atomic E-state index is 0.104. The first-order valence-electron chi connectivity index (χ1n) is 8.53. The number of sulfone groups is 1. The van der Waals surface area contributed by atoms with Crippen LogP contribution in [0.4, 0.5) is 21.9 Å². The summed E-state index contributed by atoms with van der Waals surface area (Å²) in [7, 11) is -1.85. The van der Waals surface area contributed by atoms with Gasteiger partial charge in [0.2, 0.25) is 0 Å².